The van der Waals surface area contributed by atoms with Gasteiger partial charge in [-0.1, -0.05) is 24.3 Å². The average molecular weight is 377 g/mol. The molecule has 6 nitrogen and oxygen atoms in total. The summed E-state index contributed by atoms with van der Waals surface area (Å²) in [6.07, 6.45) is 1.90. The van der Waals surface area contributed by atoms with Crippen LogP contribution in [0.5, 0.6) is 0 Å². The molecular weight excluding hydrogens is 354 g/mol. The number of hydrogen-bond donors (Lipinski definition) is 3. The second kappa shape index (κ2) is 7.38. The zero-order valence-electron chi connectivity index (χ0n) is 15.9. The van der Waals surface area contributed by atoms with Crippen LogP contribution in [0, 0.1) is 12.8 Å². The highest BCUT2D eigenvalue weighted by Gasteiger charge is 2.29. The van der Waals surface area contributed by atoms with Crippen molar-refractivity contribution in [3.8, 4) is 0 Å². The number of carbonyl (C=O) groups excluding carboxylic acids is 2. The van der Waals surface area contributed by atoms with Gasteiger partial charge in [-0.2, -0.15) is 0 Å². The molecule has 3 aromatic rings. The van der Waals surface area contributed by atoms with Crippen LogP contribution in [0.4, 0.5) is 16.2 Å². The monoisotopic (exact) mass is 377 g/mol. The van der Waals surface area contributed by atoms with E-state index in [9.17, 15) is 9.59 Å². The summed E-state index contributed by atoms with van der Waals surface area (Å²) >= 11 is 0. The summed E-state index contributed by atoms with van der Waals surface area (Å²) < 4.78 is 5.81. The molecule has 3 amide bonds. The zero-order valence-corrected chi connectivity index (χ0v) is 15.9. The Labute approximate surface area is 163 Å². The van der Waals surface area contributed by atoms with E-state index in [1.807, 2.05) is 56.3 Å². The van der Waals surface area contributed by atoms with Gasteiger partial charge < -0.3 is 20.4 Å². The summed E-state index contributed by atoms with van der Waals surface area (Å²) in [7, 11) is 0. The second-order valence-electron chi connectivity index (χ2n) is 7.30. The molecule has 0 spiro atoms. The molecule has 1 saturated carbocycles. The Morgan fingerprint density at radius 1 is 1.07 bits per heavy atom. The third-order valence-electron chi connectivity index (χ3n) is 4.92. The standard InChI is InChI=1S/C22H23N3O3/c1-13-7-10-17(24-21(26)15-8-9-15)12-18(13)25-22(27)23-14(2)20-11-16-5-3-4-6-19(16)28-20/h3-7,10-12,14-15H,8-9H2,1-2H3,(H,24,26)(H2,23,25,27). The number of fused-ring (bicyclic) bond motifs is 1. The molecule has 0 radical (unpaired) electrons. The van der Waals surface area contributed by atoms with Crippen molar-refractivity contribution >= 4 is 34.3 Å². The average Bonchev–Trinajstić information content (AvgIpc) is 3.43. The van der Waals surface area contributed by atoms with Crippen molar-refractivity contribution in [2.24, 2.45) is 5.92 Å². The van der Waals surface area contributed by atoms with Gasteiger partial charge in [0.15, 0.2) is 0 Å². The van der Waals surface area contributed by atoms with Gasteiger partial charge in [-0.3, -0.25) is 4.79 Å². The van der Waals surface area contributed by atoms with Crippen molar-refractivity contribution in [1.82, 2.24) is 5.32 Å². The lowest BCUT2D eigenvalue weighted by Gasteiger charge is -2.15. The Morgan fingerprint density at radius 2 is 1.86 bits per heavy atom. The van der Waals surface area contributed by atoms with E-state index in [-0.39, 0.29) is 23.9 Å². The number of rotatable bonds is 5. The van der Waals surface area contributed by atoms with E-state index in [2.05, 4.69) is 16.0 Å². The van der Waals surface area contributed by atoms with Crippen LogP contribution in [0.2, 0.25) is 0 Å². The van der Waals surface area contributed by atoms with Crippen LogP contribution in [0.3, 0.4) is 0 Å². The van der Waals surface area contributed by atoms with Gasteiger partial charge in [0.2, 0.25) is 5.91 Å². The van der Waals surface area contributed by atoms with E-state index in [1.165, 1.54) is 0 Å². The largest absolute Gasteiger partial charge is 0.459 e. The Morgan fingerprint density at radius 3 is 2.61 bits per heavy atom. The first-order valence-electron chi connectivity index (χ1n) is 9.47. The van der Waals surface area contributed by atoms with Gasteiger partial charge in [-0.15, -0.1) is 0 Å². The predicted molar refractivity (Wildman–Crippen MR) is 109 cm³/mol. The maximum Gasteiger partial charge on any atom is 0.319 e. The van der Waals surface area contributed by atoms with Crippen LogP contribution in [-0.4, -0.2) is 11.9 Å². The molecule has 28 heavy (non-hydrogen) atoms. The molecular formula is C22H23N3O3. The van der Waals surface area contributed by atoms with E-state index in [0.717, 1.165) is 29.4 Å². The number of carbonyl (C=O) groups is 2. The summed E-state index contributed by atoms with van der Waals surface area (Å²) in [5, 5.41) is 9.65. The number of benzene rings is 2. The minimum atomic E-state index is -0.332. The third-order valence-corrected chi connectivity index (χ3v) is 4.92. The van der Waals surface area contributed by atoms with Gasteiger partial charge in [-0.25, -0.2) is 4.79 Å². The lowest BCUT2D eigenvalue weighted by molar-refractivity contribution is -0.117. The number of hydrogen-bond acceptors (Lipinski definition) is 3. The van der Waals surface area contributed by atoms with Gasteiger partial charge in [0, 0.05) is 22.7 Å². The van der Waals surface area contributed by atoms with E-state index >= 15 is 0 Å². The van der Waals surface area contributed by atoms with Gasteiger partial charge in [0.05, 0.1) is 6.04 Å². The molecule has 2 aromatic carbocycles. The summed E-state index contributed by atoms with van der Waals surface area (Å²) in [4.78, 5) is 24.4. The zero-order chi connectivity index (χ0) is 19.7. The Bertz CT molecular complexity index is 1000. The molecule has 1 atom stereocenters. The second-order valence-corrected chi connectivity index (χ2v) is 7.30. The first kappa shape index (κ1) is 18.1. The van der Waals surface area contributed by atoms with Crippen LogP contribution < -0.4 is 16.0 Å². The van der Waals surface area contributed by atoms with Crippen molar-refractivity contribution in [2.75, 3.05) is 10.6 Å². The SMILES string of the molecule is Cc1ccc(NC(=O)C2CC2)cc1NC(=O)NC(C)c1cc2ccccc2o1. The molecule has 3 N–H and O–H groups in total. The number of nitrogens with one attached hydrogen (secondary N) is 3. The fourth-order valence-corrected chi connectivity index (χ4v) is 3.07. The van der Waals surface area contributed by atoms with E-state index in [0.29, 0.717) is 17.1 Å². The number of anilines is 2. The molecule has 1 fully saturated rings. The minimum Gasteiger partial charge on any atom is -0.459 e. The molecule has 144 valence electrons. The summed E-state index contributed by atoms with van der Waals surface area (Å²) in [6.45, 7) is 3.78. The summed E-state index contributed by atoms with van der Waals surface area (Å²) in [5.41, 5.74) is 3.04. The molecule has 1 aromatic heterocycles. The van der Waals surface area contributed by atoms with Crippen molar-refractivity contribution in [1.29, 1.82) is 0 Å². The van der Waals surface area contributed by atoms with Crippen molar-refractivity contribution < 1.29 is 14.0 Å². The van der Waals surface area contributed by atoms with Crippen LogP contribution in [-0.2, 0) is 4.79 Å². The molecule has 1 heterocycles. The van der Waals surface area contributed by atoms with Crippen LogP contribution in [0.1, 0.15) is 37.1 Å². The van der Waals surface area contributed by atoms with Gasteiger partial charge in [0.25, 0.3) is 0 Å². The Hall–Kier alpha value is -3.28. The van der Waals surface area contributed by atoms with Crippen LogP contribution in [0.25, 0.3) is 11.0 Å². The van der Waals surface area contributed by atoms with Crippen molar-refractivity contribution in [2.45, 2.75) is 32.7 Å². The lowest BCUT2D eigenvalue weighted by Crippen LogP contribution is -2.31. The van der Waals surface area contributed by atoms with Gasteiger partial charge in [-0.05, 0) is 56.5 Å². The predicted octanol–water partition coefficient (Wildman–Crippen LogP) is 4.97. The highest BCUT2D eigenvalue weighted by atomic mass is 16.3. The first-order chi connectivity index (χ1) is 13.5. The Balaban J connectivity index is 1.41. The summed E-state index contributed by atoms with van der Waals surface area (Å²) in [6, 6.07) is 14.5. The molecule has 0 saturated heterocycles. The molecule has 6 heteroatoms. The van der Waals surface area contributed by atoms with Gasteiger partial charge in [0.1, 0.15) is 11.3 Å². The molecule has 1 aliphatic carbocycles. The fraction of sp³-hybridized carbons (Fsp3) is 0.273. The maximum atomic E-state index is 12.5. The van der Waals surface area contributed by atoms with Crippen molar-refractivity contribution in [3.05, 3.63) is 59.9 Å². The maximum absolute atomic E-state index is 12.5. The van der Waals surface area contributed by atoms with Crippen LogP contribution in [0.15, 0.2) is 52.9 Å². The van der Waals surface area contributed by atoms with E-state index < -0.39 is 0 Å². The smallest absolute Gasteiger partial charge is 0.319 e. The number of amides is 3. The molecule has 0 bridgehead atoms. The van der Waals surface area contributed by atoms with Gasteiger partial charge >= 0.3 is 6.03 Å². The van der Waals surface area contributed by atoms with E-state index in [1.54, 1.807) is 6.07 Å². The fourth-order valence-electron chi connectivity index (χ4n) is 3.07. The van der Waals surface area contributed by atoms with E-state index in [4.69, 9.17) is 4.42 Å². The molecule has 1 aliphatic rings. The first-order valence-corrected chi connectivity index (χ1v) is 9.47. The topological polar surface area (TPSA) is 83.4 Å². The normalized spacial score (nSPS) is 14.5. The number of urea groups is 1. The number of para-hydroxylation sites is 1. The minimum absolute atomic E-state index is 0.0396. The van der Waals surface area contributed by atoms with Crippen molar-refractivity contribution in [3.63, 3.8) is 0 Å². The highest BCUT2D eigenvalue weighted by Crippen LogP contribution is 2.31. The lowest BCUT2D eigenvalue weighted by atomic mass is 10.1. The number of furan rings is 1. The van der Waals surface area contributed by atoms with Crippen LogP contribution >= 0.6 is 0 Å². The quantitative estimate of drug-likeness (QED) is 0.587. The summed E-state index contributed by atoms with van der Waals surface area (Å²) in [5.74, 6) is 0.863. The number of aryl methyl sites for hydroxylation is 1. The molecule has 4 rings (SSSR count). The third kappa shape index (κ3) is 4.01. The molecule has 0 aliphatic heterocycles. The Kier molecular flexibility index (Phi) is 4.77. The highest BCUT2D eigenvalue weighted by molar-refractivity contribution is 5.96. The molecule has 1 unspecified atom stereocenters.